The van der Waals surface area contributed by atoms with Crippen molar-refractivity contribution in [3.63, 3.8) is 0 Å². The van der Waals surface area contributed by atoms with E-state index >= 15 is 0 Å². The second-order valence-electron chi connectivity index (χ2n) is 7.82. The van der Waals surface area contributed by atoms with Gasteiger partial charge in [-0.1, -0.05) is 31.4 Å². The second-order valence-corrected chi connectivity index (χ2v) is 8.97. The summed E-state index contributed by atoms with van der Waals surface area (Å²) in [4.78, 5) is 42.9. The van der Waals surface area contributed by atoms with Crippen molar-refractivity contribution < 1.29 is 14.4 Å². The number of carbonyl (C=O) groups is 3. The molecule has 2 heterocycles. The van der Waals surface area contributed by atoms with Gasteiger partial charge in [-0.05, 0) is 37.8 Å². The minimum atomic E-state index is -0.796. The molecule has 3 amide bonds. The molecule has 0 aromatic heterocycles. The van der Waals surface area contributed by atoms with Gasteiger partial charge in [0.15, 0.2) is 5.25 Å². The van der Waals surface area contributed by atoms with Gasteiger partial charge >= 0.3 is 0 Å². The fourth-order valence-corrected chi connectivity index (χ4v) is 5.49. The maximum Gasteiger partial charge on any atom is 0.250 e. The zero-order chi connectivity index (χ0) is 19.5. The van der Waals surface area contributed by atoms with E-state index in [0.717, 1.165) is 49.1 Å². The largest absolute Gasteiger partial charge is 0.352 e. The van der Waals surface area contributed by atoms with E-state index in [1.807, 2.05) is 24.3 Å². The topological polar surface area (TPSA) is 69.7 Å². The lowest BCUT2D eigenvalue weighted by Crippen LogP contribution is -2.52. The average molecular weight is 402 g/mol. The van der Waals surface area contributed by atoms with E-state index in [9.17, 15) is 14.4 Å². The number of para-hydroxylation sites is 1. The number of hydrogen-bond donors (Lipinski definition) is 1. The van der Waals surface area contributed by atoms with Gasteiger partial charge in [0.05, 0.1) is 5.69 Å². The summed E-state index contributed by atoms with van der Waals surface area (Å²) in [6.45, 7) is 1.40. The number of anilines is 1. The maximum absolute atomic E-state index is 13.2. The van der Waals surface area contributed by atoms with E-state index < -0.39 is 5.25 Å². The number of fused-ring (bicyclic) bond motifs is 1. The molecule has 1 aromatic rings. The highest BCUT2D eigenvalue weighted by Crippen LogP contribution is 2.40. The third kappa shape index (κ3) is 4.04. The van der Waals surface area contributed by atoms with Gasteiger partial charge < -0.3 is 15.1 Å². The van der Waals surface area contributed by atoms with Crippen molar-refractivity contribution in [3.05, 3.63) is 24.3 Å². The van der Waals surface area contributed by atoms with E-state index in [4.69, 9.17) is 0 Å². The molecule has 0 bridgehead atoms. The van der Waals surface area contributed by atoms with Crippen LogP contribution in [0.4, 0.5) is 5.69 Å². The van der Waals surface area contributed by atoms with E-state index in [0.29, 0.717) is 13.1 Å². The number of hydrogen-bond acceptors (Lipinski definition) is 4. The molecule has 1 saturated carbocycles. The molecule has 2 aliphatic heterocycles. The summed E-state index contributed by atoms with van der Waals surface area (Å²) in [6.07, 6.45) is 7.48. The summed E-state index contributed by atoms with van der Waals surface area (Å²) in [6, 6.07) is 7.74. The average Bonchev–Trinajstić information content (AvgIpc) is 3.25. The quantitative estimate of drug-likeness (QED) is 0.788. The number of benzene rings is 1. The third-order valence-electron chi connectivity index (χ3n) is 5.81. The zero-order valence-corrected chi connectivity index (χ0v) is 16.9. The highest BCUT2D eigenvalue weighted by Gasteiger charge is 2.41. The van der Waals surface area contributed by atoms with Gasteiger partial charge in [0.1, 0.15) is 6.54 Å². The third-order valence-corrected chi connectivity index (χ3v) is 7.04. The summed E-state index contributed by atoms with van der Waals surface area (Å²) in [7, 11) is 0. The maximum atomic E-state index is 13.2. The van der Waals surface area contributed by atoms with Crippen molar-refractivity contribution >= 4 is 35.2 Å². The molecule has 150 valence electrons. The van der Waals surface area contributed by atoms with Gasteiger partial charge in [-0.15, -0.1) is 11.8 Å². The minimum Gasteiger partial charge on any atom is -0.352 e. The molecule has 6 nitrogen and oxygen atoms in total. The van der Waals surface area contributed by atoms with Crippen LogP contribution in [0.3, 0.4) is 0 Å². The van der Waals surface area contributed by atoms with Crippen LogP contribution in [0.1, 0.15) is 44.9 Å². The highest BCUT2D eigenvalue weighted by molar-refractivity contribution is 8.01. The zero-order valence-electron chi connectivity index (χ0n) is 16.1. The Morgan fingerprint density at radius 2 is 1.75 bits per heavy atom. The highest BCUT2D eigenvalue weighted by atomic mass is 32.2. The number of nitrogens with zero attached hydrogens (tertiary/aromatic N) is 2. The molecule has 0 spiro atoms. The molecule has 7 heteroatoms. The number of thioether (sulfide) groups is 1. The van der Waals surface area contributed by atoms with Crippen LogP contribution in [0, 0.1) is 0 Å². The molecule has 1 atom stereocenters. The summed E-state index contributed by atoms with van der Waals surface area (Å²) < 4.78 is 0. The molecule has 28 heavy (non-hydrogen) atoms. The summed E-state index contributed by atoms with van der Waals surface area (Å²) in [5.74, 6) is -0.548. The van der Waals surface area contributed by atoms with E-state index in [2.05, 4.69) is 5.32 Å². The van der Waals surface area contributed by atoms with Crippen molar-refractivity contribution in [2.45, 2.75) is 61.1 Å². The first-order chi connectivity index (χ1) is 13.6. The number of carbonyl (C=O) groups excluding carboxylic acids is 3. The van der Waals surface area contributed by atoms with E-state index in [1.54, 1.807) is 4.90 Å². The number of nitrogens with one attached hydrogen (secondary N) is 1. The van der Waals surface area contributed by atoms with Crippen LogP contribution in [-0.2, 0) is 14.4 Å². The molecule has 1 aromatic carbocycles. The molecule has 3 aliphatic rings. The molecular weight excluding hydrogens is 374 g/mol. The smallest absolute Gasteiger partial charge is 0.250 e. The molecule has 1 unspecified atom stereocenters. The lowest BCUT2D eigenvalue weighted by Gasteiger charge is -2.34. The van der Waals surface area contributed by atoms with Crippen LogP contribution in [0.5, 0.6) is 0 Å². The predicted molar refractivity (Wildman–Crippen MR) is 109 cm³/mol. The molecule has 1 saturated heterocycles. The lowest BCUT2D eigenvalue weighted by atomic mass is 9.95. The number of likely N-dealkylation sites (tertiary alicyclic amines) is 1. The minimum absolute atomic E-state index is 0.0311. The molecular formula is C21H27N3O3S. The fourth-order valence-electron chi connectivity index (χ4n) is 4.30. The second kappa shape index (κ2) is 8.55. The monoisotopic (exact) mass is 401 g/mol. The Bertz CT molecular complexity index is 757. The van der Waals surface area contributed by atoms with E-state index in [-0.39, 0.29) is 30.3 Å². The normalized spacial score (nSPS) is 22.9. The SMILES string of the molecule is O=C(CN1C(=O)C(C(=O)N2CCCC2)Sc2ccccc21)NC1CCCCC1. The summed E-state index contributed by atoms with van der Waals surface area (Å²) in [5, 5.41) is 2.29. The Hall–Kier alpha value is -2.02. The van der Waals surface area contributed by atoms with Crippen molar-refractivity contribution in [1.82, 2.24) is 10.2 Å². The van der Waals surface area contributed by atoms with Crippen LogP contribution < -0.4 is 10.2 Å². The molecule has 0 radical (unpaired) electrons. The van der Waals surface area contributed by atoms with Gasteiger partial charge in [0.2, 0.25) is 11.8 Å². The first-order valence-electron chi connectivity index (χ1n) is 10.3. The molecule has 4 rings (SSSR count). The van der Waals surface area contributed by atoms with Gasteiger partial charge in [-0.2, -0.15) is 0 Å². The van der Waals surface area contributed by atoms with Gasteiger partial charge in [-0.25, -0.2) is 0 Å². The van der Waals surface area contributed by atoms with Gasteiger partial charge in [0, 0.05) is 24.0 Å². The Kier molecular flexibility index (Phi) is 5.90. The summed E-state index contributed by atoms with van der Waals surface area (Å²) >= 11 is 1.31. The van der Waals surface area contributed by atoms with Crippen LogP contribution in [0.2, 0.25) is 0 Å². The van der Waals surface area contributed by atoms with Crippen LogP contribution in [-0.4, -0.2) is 53.5 Å². The van der Waals surface area contributed by atoms with Crippen LogP contribution in [0.25, 0.3) is 0 Å². The first-order valence-corrected chi connectivity index (χ1v) is 11.2. The van der Waals surface area contributed by atoms with Crippen molar-refractivity contribution in [1.29, 1.82) is 0 Å². The Morgan fingerprint density at radius 1 is 1.04 bits per heavy atom. The number of amides is 3. The van der Waals surface area contributed by atoms with Crippen LogP contribution >= 0.6 is 11.8 Å². The van der Waals surface area contributed by atoms with Gasteiger partial charge in [0.25, 0.3) is 5.91 Å². The predicted octanol–water partition coefficient (Wildman–Crippen LogP) is 2.57. The number of rotatable bonds is 4. The molecule has 1 aliphatic carbocycles. The summed E-state index contributed by atoms with van der Waals surface area (Å²) in [5.41, 5.74) is 0.724. The molecule has 2 fully saturated rings. The van der Waals surface area contributed by atoms with Crippen molar-refractivity contribution in [2.75, 3.05) is 24.5 Å². The first kappa shape index (κ1) is 19.3. The molecule has 1 N–H and O–H groups in total. The van der Waals surface area contributed by atoms with Crippen LogP contribution in [0.15, 0.2) is 29.2 Å². The van der Waals surface area contributed by atoms with Gasteiger partial charge in [-0.3, -0.25) is 14.4 Å². The Morgan fingerprint density at radius 3 is 2.50 bits per heavy atom. The lowest BCUT2D eigenvalue weighted by molar-refractivity contribution is -0.134. The van der Waals surface area contributed by atoms with E-state index in [1.165, 1.54) is 23.1 Å². The fraction of sp³-hybridized carbons (Fsp3) is 0.571. The Balaban J connectivity index is 1.51. The van der Waals surface area contributed by atoms with Crippen molar-refractivity contribution in [3.8, 4) is 0 Å². The standard InChI is InChI=1S/C21H27N3O3S/c25-18(22-15-8-2-1-3-9-15)14-24-16-10-4-5-11-17(16)28-19(21(24)27)20(26)23-12-6-7-13-23/h4-5,10-11,15,19H,1-3,6-9,12-14H2,(H,22,25). The Labute approximate surface area is 170 Å². The van der Waals surface area contributed by atoms with Crippen molar-refractivity contribution in [2.24, 2.45) is 0 Å².